The molecule has 1 aromatic heterocycles. The normalized spacial score (nSPS) is 11.8. The topological polar surface area (TPSA) is 84.9 Å². The second-order valence-electron chi connectivity index (χ2n) is 4.32. The summed E-state index contributed by atoms with van der Waals surface area (Å²) < 4.78 is 18.7. The number of hydrogen-bond donors (Lipinski definition) is 2. The Morgan fingerprint density at radius 2 is 2.15 bits per heavy atom. The Labute approximate surface area is 121 Å². The van der Waals surface area contributed by atoms with Gasteiger partial charge in [0.1, 0.15) is 11.9 Å². The molecule has 2 rings (SSSR count). The third-order valence-electron chi connectivity index (χ3n) is 3.10. The smallest absolute Gasteiger partial charge is 0.390 e. The zero-order valence-corrected chi connectivity index (χ0v) is 11.9. The fourth-order valence-electron chi connectivity index (χ4n) is 1.86. The molecule has 0 bridgehead atoms. The number of nitrogens with one attached hydrogen (secondary N) is 1. The van der Waals surface area contributed by atoms with Gasteiger partial charge in [0, 0.05) is 5.56 Å². The summed E-state index contributed by atoms with van der Waals surface area (Å²) in [5, 5.41) is 5.74. The second-order valence-corrected chi connectivity index (χ2v) is 4.32. The fraction of sp³-hybridized carbons (Fsp3) is 0.231. The molecule has 0 fully saturated rings. The summed E-state index contributed by atoms with van der Waals surface area (Å²) in [6, 6.07) is 2.16. The number of aryl methyl sites for hydroxylation is 1. The van der Waals surface area contributed by atoms with Crippen LogP contribution in [0.4, 0.5) is 4.39 Å². The molecule has 108 valence electrons. The van der Waals surface area contributed by atoms with Crippen LogP contribution in [0.25, 0.3) is 5.57 Å². The Bertz CT molecular complexity index is 693. The number of aromatic nitrogens is 2. The minimum absolute atomic E-state index is 0. The van der Waals surface area contributed by atoms with Gasteiger partial charge in [-0.1, -0.05) is 12.6 Å². The SMILES string of the molecule is C=C(c1c(F)ccc(C)c1C)[C@H](N)c1n[nH]c(=O)o1.Cl. The maximum absolute atomic E-state index is 13.9. The molecule has 2 aromatic rings. The van der Waals surface area contributed by atoms with Crippen molar-refractivity contribution in [1.29, 1.82) is 0 Å². The first kappa shape index (κ1) is 16.1. The molecule has 0 spiro atoms. The Morgan fingerprint density at radius 1 is 1.50 bits per heavy atom. The quantitative estimate of drug-likeness (QED) is 0.910. The summed E-state index contributed by atoms with van der Waals surface area (Å²) in [4.78, 5) is 10.9. The number of aromatic amines is 1. The van der Waals surface area contributed by atoms with E-state index in [-0.39, 0.29) is 18.3 Å². The molecule has 0 saturated carbocycles. The standard InChI is InChI=1S/C13H14FN3O2.ClH/c1-6-4-5-9(14)10(7(6)2)8(3)11(15)12-16-17-13(18)19-12;/h4-5,11H,3,15H2,1-2H3,(H,17,18);1H/t11-;/m0./s1. The third-order valence-corrected chi connectivity index (χ3v) is 3.10. The summed E-state index contributed by atoms with van der Waals surface area (Å²) in [5.74, 6) is -1.14. The first-order valence-corrected chi connectivity index (χ1v) is 5.67. The van der Waals surface area contributed by atoms with Crippen LogP contribution in [0.3, 0.4) is 0 Å². The predicted octanol–water partition coefficient (Wildman–Crippen LogP) is 2.25. The zero-order chi connectivity index (χ0) is 14.2. The molecule has 1 atom stereocenters. The fourth-order valence-corrected chi connectivity index (χ4v) is 1.86. The van der Waals surface area contributed by atoms with Gasteiger partial charge in [0.2, 0.25) is 5.89 Å². The second kappa shape index (κ2) is 6.02. The van der Waals surface area contributed by atoms with Gasteiger partial charge in [-0.3, -0.25) is 0 Å². The van der Waals surface area contributed by atoms with Gasteiger partial charge in [0.25, 0.3) is 0 Å². The summed E-state index contributed by atoms with van der Waals surface area (Å²) >= 11 is 0. The molecule has 0 aliphatic heterocycles. The average Bonchev–Trinajstić information content (AvgIpc) is 2.80. The van der Waals surface area contributed by atoms with E-state index in [9.17, 15) is 9.18 Å². The van der Waals surface area contributed by atoms with Gasteiger partial charge in [-0.15, -0.1) is 17.5 Å². The molecule has 0 saturated heterocycles. The first-order chi connectivity index (χ1) is 8.91. The molecule has 5 nitrogen and oxygen atoms in total. The molecular formula is C13H15ClFN3O2. The molecule has 0 aliphatic rings. The van der Waals surface area contributed by atoms with Crippen molar-refractivity contribution in [3.63, 3.8) is 0 Å². The lowest BCUT2D eigenvalue weighted by Crippen LogP contribution is -2.14. The van der Waals surface area contributed by atoms with E-state index in [1.807, 2.05) is 6.92 Å². The lowest BCUT2D eigenvalue weighted by Gasteiger charge is -2.16. The number of nitrogens with zero attached hydrogens (tertiary/aromatic N) is 1. The number of rotatable bonds is 3. The molecule has 0 amide bonds. The van der Waals surface area contributed by atoms with Gasteiger partial charge in [-0.05, 0) is 36.6 Å². The largest absolute Gasteiger partial charge is 0.434 e. The minimum atomic E-state index is -0.881. The summed E-state index contributed by atoms with van der Waals surface area (Å²) in [6.45, 7) is 7.44. The van der Waals surface area contributed by atoms with E-state index in [1.165, 1.54) is 6.07 Å². The van der Waals surface area contributed by atoms with Gasteiger partial charge in [0.05, 0.1) is 0 Å². The van der Waals surface area contributed by atoms with Crippen LogP contribution in [0.2, 0.25) is 0 Å². The van der Waals surface area contributed by atoms with Crippen LogP contribution in [0.5, 0.6) is 0 Å². The van der Waals surface area contributed by atoms with Gasteiger partial charge in [0.15, 0.2) is 0 Å². The molecule has 7 heteroatoms. The molecular weight excluding hydrogens is 285 g/mol. The lowest BCUT2D eigenvalue weighted by atomic mass is 9.93. The molecule has 0 aliphatic carbocycles. The number of benzene rings is 1. The van der Waals surface area contributed by atoms with Crippen LogP contribution < -0.4 is 11.5 Å². The van der Waals surface area contributed by atoms with Crippen molar-refractivity contribution in [3.8, 4) is 0 Å². The van der Waals surface area contributed by atoms with Crippen molar-refractivity contribution in [2.45, 2.75) is 19.9 Å². The van der Waals surface area contributed by atoms with Gasteiger partial charge >= 0.3 is 5.76 Å². The first-order valence-electron chi connectivity index (χ1n) is 5.67. The van der Waals surface area contributed by atoms with Crippen molar-refractivity contribution >= 4 is 18.0 Å². The number of hydrogen-bond acceptors (Lipinski definition) is 4. The van der Waals surface area contributed by atoms with Gasteiger partial charge in [-0.2, -0.15) is 0 Å². The molecule has 20 heavy (non-hydrogen) atoms. The van der Waals surface area contributed by atoms with E-state index >= 15 is 0 Å². The molecule has 1 heterocycles. The van der Waals surface area contributed by atoms with Crippen molar-refractivity contribution in [2.75, 3.05) is 0 Å². The van der Waals surface area contributed by atoms with Crippen LogP contribution in [-0.2, 0) is 0 Å². The highest BCUT2D eigenvalue weighted by molar-refractivity contribution is 5.85. The van der Waals surface area contributed by atoms with Crippen molar-refractivity contribution in [1.82, 2.24) is 10.2 Å². The van der Waals surface area contributed by atoms with Crippen LogP contribution in [0, 0.1) is 19.7 Å². The Kier molecular flexibility index (Phi) is 4.86. The van der Waals surface area contributed by atoms with Gasteiger partial charge < -0.3 is 10.2 Å². The van der Waals surface area contributed by atoms with E-state index < -0.39 is 17.6 Å². The number of H-pyrrole nitrogens is 1. The number of halogens is 2. The van der Waals surface area contributed by atoms with Crippen molar-refractivity contribution in [3.05, 3.63) is 57.7 Å². The summed E-state index contributed by atoms with van der Waals surface area (Å²) in [5.41, 5.74) is 8.21. The maximum Gasteiger partial charge on any atom is 0.434 e. The van der Waals surface area contributed by atoms with Crippen molar-refractivity contribution < 1.29 is 8.81 Å². The maximum atomic E-state index is 13.9. The third kappa shape index (κ3) is 2.81. The average molecular weight is 300 g/mol. The van der Waals surface area contributed by atoms with Crippen LogP contribution in [-0.4, -0.2) is 10.2 Å². The summed E-state index contributed by atoms with van der Waals surface area (Å²) in [7, 11) is 0. The lowest BCUT2D eigenvalue weighted by molar-refractivity contribution is 0.451. The highest BCUT2D eigenvalue weighted by Gasteiger charge is 2.21. The summed E-state index contributed by atoms with van der Waals surface area (Å²) in [6.07, 6.45) is 0. The minimum Gasteiger partial charge on any atom is -0.390 e. The Hall–Kier alpha value is -1.92. The van der Waals surface area contributed by atoms with E-state index in [1.54, 1.807) is 13.0 Å². The van der Waals surface area contributed by atoms with E-state index in [4.69, 9.17) is 10.2 Å². The highest BCUT2D eigenvalue weighted by atomic mass is 35.5. The van der Waals surface area contributed by atoms with E-state index in [2.05, 4.69) is 16.8 Å². The van der Waals surface area contributed by atoms with Crippen LogP contribution in [0.1, 0.15) is 28.6 Å². The van der Waals surface area contributed by atoms with Crippen LogP contribution >= 0.6 is 12.4 Å². The predicted molar refractivity (Wildman–Crippen MR) is 76.2 cm³/mol. The Morgan fingerprint density at radius 3 is 2.70 bits per heavy atom. The molecule has 0 unspecified atom stereocenters. The molecule has 3 N–H and O–H groups in total. The van der Waals surface area contributed by atoms with Crippen molar-refractivity contribution in [2.24, 2.45) is 5.73 Å². The van der Waals surface area contributed by atoms with E-state index in [0.29, 0.717) is 11.1 Å². The zero-order valence-electron chi connectivity index (χ0n) is 11.1. The van der Waals surface area contributed by atoms with E-state index in [0.717, 1.165) is 11.1 Å². The number of nitrogens with two attached hydrogens (primary N) is 1. The monoisotopic (exact) mass is 299 g/mol. The Balaban J connectivity index is 0.00000200. The molecule has 0 radical (unpaired) electrons. The van der Waals surface area contributed by atoms with Gasteiger partial charge in [-0.25, -0.2) is 14.3 Å². The highest BCUT2D eigenvalue weighted by Crippen LogP contribution is 2.30. The van der Waals surface area contributed by atoms with Crippen LogP contribution in [0.15, 0.2) is 27.9 Å². The molecule has 1 aromatic carbocycles.